The van der Waals surface area contributed by atoms with E-state index in [1.54, 1.807) is 13.8 Å². The molecule has 3 saturated heterocycles. The molecule has 15 heteroatoms. The molecule has 9 N–H and O–H groups in total. The lowest BCUT2D eigenvalue weighted by atomic mass is 9.44. The first-order valence-corrected chi connectivity index (χ1v) is 19.1. The summed E-state index contributed by atoms with van der Waals surface area (Å²) in [5.41, 5.74) is 0.0779. The number of aliphatic hydroxyl groups is 9. The van der Waals surface area contributed by atoms with E-state index in [-0.39, 0.29) is 22.7 Å². The van der Waals surface area contributed by atoms with Crippen molar-refractivity contribution >= 4 is 0 Å². The first-order valence-electron chi connectivity index (χ1n) is 19.1. The van der Waals surface area contributed by atoms with E-state index in [0.29, 0.717) is 12.8 Å². The van der Waals surface area contributed by atoms with Crippen molar-refractivity contribution in [3.05, 3.63) is 24.3 Å². The third kappa shape index (κ3) is 7.32. The first-order chi connectivity index (χ1) is 24.8. The van der Waals surface area contributed by atoms with Crippen LogP contribution in [-0.2, 0) is 28.4 Å². The third-order valence-corrected chi connectivity index (χ3v) is 13.8. The molecule has 0 aromatic rings. The van der Waals surface area contributed by atoms with Gasteiger partial charge in [0.05, 0.1) is 31.0 Å². The zero-order chi connectivity index (χ0) is 38.9. The standard InChI is InChI=1S/C38H62O15/c1-8-37(6)11-9-19-18(14-37)20(50-33-30(46)27(43)24(40)16(2)48-33)13-22-36(4,5)23(10-12-38(19,22)7)52-35-32(29(45)25(41)17(3)49-35)53-34-31(47)28(44)26(42)21(15-39)51-34/h8,14,16-17,19-35,39-47H,1,9-13,15H2,2-7H3/t16-,17+,19-,20+,21-,22-,23-,24+,25+,26-,27+,28+,29-,30-,31-,32-,33+,34-,35+,37-,38+/m1/s1. The molecule has 21 atom stereocenters. The lowest BCUT2D eigenvalue weighted by Gasteiger charge is -2.63. The Kier molecular flexibility index (Phi) is 12.0. The van der Waals surface area contributed by atoms with Crippen molar-refractivity contribution in [1.82, 2.24) is 0 Å². The summed E-state index contributed by atoms with van der Waals surface area (Å²) in [5, 5.41) is 95.0. The lowest BCUT2D eigenvalue weighted by Crippen LogP contribution is -2.65. The van der Waals surface area contributed by atoms with Gasteiger partial charge in [0.25, 0.3) is 0 Å². The minimum absolute atomic E-state index is 0.0241. The predicted octanol–water partition coefficient (Wildman–Crippen LogP) is -0.389. The molecular formula is C38H62O15. The Morgan fingerprint density at radius 1 is 0.717 bits per heavy atom. The zero-order valence-corrected chi connectivity index (χ0v) is 31.5. The number of hydrogen-bond acceptors (Lipinski definition) is 15. The smallest absolute Gasteiger partial charge is 0.187 e. The van der Waals surface area contributed by atoms with Gasteiger partial charge in [-0.3, -0.25) is 0 Å². The van der Waals surface area contributed by atoms with Gasteiger partial charge in [-0.15, -0.1) is 6.58 Å². The maximum atomic E-state index is 11.3. The van der Waals surface area contributed by atoms with Crippen LogP contribution in [0.15, 0.2) is 24.3 Å². The van der Waals surface area contributed by atoms with Crippen molar-refractivity contribution in [3.63, 3.8) is 0 Å². The Bertz CT molecular complexity index is 1330. The molecule has 6 rings (SSSR count). The third-order valence-electron chi connectivity index (χ3n) is 13.8. The van der Waals surface area contributed by atoms with Gasteiger partial charge in [0.2, 0.25) is 0 Å². The second-order valence-corrected chi connectivity index (χ2v) is 17.5. The molecule has 5 fully saturated rings. The second kappa shape index (κ2) is 15.3. The molecule has 3 heterocycles. The number of fused-ring (bicyclic) bond motifs is 3. The number of hydrogen-bond donors (Lipinski definition) is 9. The van der Waals surface area contributed by atoms with Gasteiger partial charge in [-0.2, -0.15) is 0 Å². The normalized spacial score (nSPS) is 54.3. The Morgan fingerprint density at radius 2 is 1.30 bits per heavy atom. The molecule has 0 aromatic heterocycles. The predicted molar refractivity (Wildman–Crippen MR) is 185 cm³/mol. The van der Waals surface area contributed by atoms with Gasteiger partial charge in [0, 0.05) is 5.41 Å². The van der Waals surface area contributed by atoms with Crippen LogP contribution in [-0.4, -0.2) is 157 Å². The van der Waals surface area contributed by atoms with Crippen LogP contribution in [0, 0.1) is 28.1 Å². The van der Waals surface area contributed by atoms with Crippen LogP contribution in [0.1, 0.15) is 73.6 Å². The molecular weight excluding hydrogens is 696 g/mol. The highest BCUT2D eigenvalue weighted by Gasteiger charge is 2.62. The van der Waals surface area contributed by atoms with Crippen molar-refractivity contribution in [2.45, 2.75) is 178 Å². The van der Waals surface area contributed by atoms with Crippen molar-refractivity contribution in [2.24, 2.45) is 28.1 Å². The van der Waals surface area contributed by atoms with E-state index in [4.69, 9.17) is 28.4 Å². The van der Waals surface area contributed by atoms with Gasteiger partial charge in [-0.05, 0) is 74.2 Å². The molecule has 0 aromatic carbocycles. The molecule has 304 valence electrons. The van der Waals surface area contributed by atoms with E-state index < -0.39 is 116 Å². The van der Waals surface area contributed by atoms with Crippen LogP contribution in [0.2, 0.25) is 0 Å². The molecule has 53 heavy (non-hydrogen) atoms. The number of rotatable bonds is 8. The summed E-state index contributed by atoms with van der Waals surface area (Å²) in [6.07, 6.45) is -13.6. The number of allylic oxidation sites excluding steroid dienone is 2. The summed E-state index contributed by atoms with van der Waals surface area (Å²) in [6.45, 7) is 15.3. The molecule has 15 nitrogen and oxygen atoms in total. The average molecular weight is 759 g/mol. The van der Waals surface area contributed by atoms with E-state index in [2.05, 4.69) is 40.3 Å². The maximum Gasteiger partial charge on any atom is 0.187 e. The van der Waals surface area contributed by atoms with Gasteiger partial charge in [0.15, 0.2) is 18.9 Å². The Labute approximate surface area is 311 Å². The van der Waals surface area contributed by atoms with E-state index in [9.17, 15) is 46.0 Å². The summed E-state index contributed by atoms with van der Waals surface area (Å²) in [5.74, 6) is 0.0855. The van der Waals surface area contributed by atoms with Crippen LogP contribution >= 0.6 is 0 Å². The molecule has 0 spiro atoms. The molecule has 2 saturated carbocycles. The zero-order valence-electron chi connectivity index (χ0n) is 31.5. The highest BCUT2D eigenvalue weighted by Crippen LogP contribution is 2.65. The molecule has 0 unspecified atom stereocenters. The molecule has 3 aliphatic carbocycles. The Balaban J connectivity index is 1.28. The summed E-state index contributed by atoms with van der Waals surface area (Å²) >= 11 is 0. The summed E-state index contributed by atoms with van der Waals surface area (Å²) < 4.78 is 36.9. The first kappa shape index (κ1) is 41.5. The fourth-order valence-electron chi connectivity index (χ4n) is 10.2. The van der Waals surface area contributed by atoms with Gasteiger partial charge >= 0.3 is 0 Å². The topological polar surface area (TPSA) is 237 Å². The Morgan fingerprint density at radius 3 is 1.92 bits per heavy atom. The summed E-state index contributed by atoms with van der Waals surface area (Å²) in [6, 6.07) is 0. The van der Waals surface area contributed by atoms with E-state index in [1.807, 2.05) is 6.08 Å². The van der Waals surface area contributed by atoms with Crippen molar-refractivity contribution in [1.29, 1.82) is 0 Å². The largest absolute Gasteiger partial charge is 0.394 e. The van der Waals surface area contributed by atoms with Crippen LogP contribution in [0.4, 0.5) is 0 Å². The van der Waals surface area contributed by atoms with E-state index >= 15 is 0 Å². The molecule has 0 amide bonds. The lowest BCUT2D eigenvalue weighted by molar-refractivity contribution is -0.375. The molecule has 3 aliphatic heterocycles. The highest BCUT2D eigenvalue weighted by molar-refractivity contribution is 5.30. The monoisotopic (exact) mass is 758 g/mol. The van der Waals surface area contributed by atoms with E-state index in [1.165, 1.54) is 0 Å². The molecule has 0 radical (unpaired) electrons. The quantitative estimate of drug-likeness (QED) is 0.113. The fourth-order valence-corrected chi connectivity index (χ4v) is 10.2. The van der Waals surface area contributed by atoms with Crippen LogP contribution < -0.4 is 0 Å². The minimum atomic E-state index is -1.75. The molecule has 0 bridgehead atoms. The van der Waals surface area contributed by atoms with Crippen LogP contribution in [0.5, 0.6) is 0 Å². The van der Waals surface area contributed by atoms with Gasteiger partial charge in [-0.1, -0.05) is 39.8 Å². The minimum Gasteiger partial charge on any atom is -0.394 e. The van der Waals surface area contributed by atoms with Gasteiger partial charge in [0.1, 0.15) is 61.0 Å². The molecule has 6 aliphatic rings. The maximum absolute atomic E-state index is 11.3. The summed E-state index contributed by atoms with van der Waals surface area (Å²) in [4.78, 5) is 0. The fraction of sp³-hybridized carbons (Fsp3) is 0.895. The second-order valence-electron chi connectivity index (χ2n) is 17.5. The number of aliphatic hydroxyl groups excluding tert-OH is 9. The summed E-state index contributed by atoms with van der Waals surface area (Å²) in [7, 11) is 0. The van der Waals surface area contributed by atoms with Gasteiger partial charge < -0.3 is 74.4 Å². The van der Waals surface area contributed by atoms with E-state index in [0.717, 1.165) is 24.8 Å². The van der Waals surface area contributed by atoms with Crippen LogP contribution in [0.25, 0.3) is 0 Å². The van der Waals surface area contributed by atoms with Crippen LogP contribution in [0.3, 0.4) is 0 Å². The Hall–Kier alpha value is -1.12. The van der Waals surface area contributed by atoms with Gasteiger partial charge in [-0.25, -0.2) is 0 Å². The van der Waals surface area contributed by atoms with Crippen molar-refractivity contribution in [3.8, 4) is 0 Å². The van der Waals surface area contributed by atoms with Crippen molar-refractivity contribution in [2.75, 3.05) is 6.61 Å². The highest BCUT2D eigenvalue weighted by atomic mass is 16.8. The number of ether oxygens (including phenoxy) is 6. The SMILES string of the molecule is C=C[C@@]1(C)C=C2[C@@H](O[C@@H]3O[C@H](C)[C@H](O)[C@H](O)[C@H]3O)C[C@@H]3C(C)(C)[C@H](O[C@@H]4O[C@@H](C)[C@H](O)[C@@H](O)[C@H]4O[C@H]4O[C@H](CO)[C@@H](O)[C@H](O)[C@H]4O)CC[C@@]3(C)[C@@H]2CC1. The van der Waals surface area contributed by atoms with Crippen molar-refractivity contribution < 1.29 is 74.4 Å². The average Bonchev–Trinajstić information content (AvgIpc) is 3.12.